The second kappa shape index (κ2) is 8.23. The lowest BCUT2D eigenvalue weighted by atomic mass is 9.92. The van der Waals surface area contributed by atoms with Crippen LogP contribution in [-0.4, -0.2) is 23.1 Å². The van der Waals surface area contributed by atoms with Crippen molar-refractivity contribution in [2.45, 2.75) is 66.7 Å². The van der Waals surface area contributed by atoms with Crippen molar-refractivity contribution in [3.63, 3.8) is 0 Å². The summed E-state index contributed by atoms with van der Waals surface area (Å²) in [7, 11) is 0. The van der Waals surface area contributed by atoms with Crippen LogP contribution in [0.15, 0.2) is 12.5 Å². The quantitative estimate of drug-likeness (QED) is 0.702. The molecule has 20 heavy (non-hydrogen) atoms. The highest BCUT2D eigenvalue weighted by Crippen LogP contribution is 2.23. The van der Waals surface area contributed by atoms with Crippen molar-refractivity contribution in [2.24, 2.45) is 5.41 Å². The van der Waals surface area contributed by atoms with E-state index in [0.717, 1.165) is 31.7 Å². The first-order chi connectivity index (χ1) is 9.48. The molecule has 0 saturated heterocycles. The SMILES string of the molecule is CCCCN(CCC(C)(C)C)c1ncncc1CCC. The van der Waals surface area contributed by atoms with Crippen LogP contribution < -0.4 is 4.90 Å². The Morgan fingerprint density at radius 2 is 1.85 bits per heavy atom. The van der Waals surface area contributed by atoms with E-state index >= 15 is 0 Å². The van der Waals surface area contributed by atoms with Gasteiger partial charge in [0, 0.05) is 24.8 Å². The van der Waals surface area contributed by atoms with Crippen molar-refractivity contribution in [2.75, 3.05) is 18.0 Å². The molecular formula is C17H31N3. The van der Waals surface area contributed by atoms with Gasteiger partial charge in [0.05, 0.1) is 0 Å². The number of rotatable bonds is 8. The van der Waals surface area contributed by atoms with Gasteiger partial charge >= 0.3 is 0 Å². The summed E-state index contributed by atoms with van der Waals surface area (Å²) in [5.41, 5.74) is 1.66. The Morgan fingerprint density at radius 1 is 1.10 bits per heavy atom. The van der Waals surface area contributed by atoms with Gasteiger partial charge in [-0.25, -0.2) is 9.97 Å². The highest BCUT2D eigenvalue weighted by Gasteiger charge is 2.16. The summed E-state index contributed by atoms with van der Waals surface area (Å²) < 4.78 is 0. The molecule has 0 N–H and O–H groups in total. The highest BCUT2D eigenvalue weighted by atomic mass is 15.2. The summed E-state index contributed by atoms with van der Waals surface area (Å²) in [6, 6.07) is 0. The maximum Gasteiger partial charge on any atom is 0.135 e. The van der Waals surface area contributed by atoms with Crippen LogP contribution in [0.5, 0.6) is 0 Å². The Kier molecular flexibility index (Phi) is 6.97. The van der Waals surface area contributed by atoms with Gasteiger partial charge in [0.15, 0.2) is 0 Å². The molecule has 0 aliphatic rings. The maximum absolute atomic E-state index is 4.57. The van der Waals surface area contributed by atoms with Crippen molar-refractivity contribution >= 4 is 5.82 Å². The normalized spacial score (nSPS) is 11.7. The molecule has 0 amide bonds. The molecule has 0 radical (unpaired) electrons. The first-order valence-electron chi connectivity index (χ1n) is 8.01. The van der Waals surface area contributed by atoms with E-state index < -0.39 is 0 Å². The highest BCUT2D eigenvalue weighted by molar-refractivity contribution is 5.45. The van der Waals surface area contributed by atoms with Crippen LogP contribution in [0, 0.1) is 5.41 Å². The zero-order chi connectivity index (χ0) is 15.0. The van der Waals surface area contributed by atoms with Crippen molar-refractivity contribution in [1.29, 1.82) is 0 Å². The standard InChI is InChI=1S/C17H31N3/c1-6-8-11-20(12-10-17(3,4)5)16-15(9-7-2)13-18-14-19-16/h13-14H,6-12H2,1-5H3. The molecule has 1 aromatic rings. The van der Waals surface area contributed by atoms with E-state index in [1.54, 1.807) is 6.33 Å². The smallest absolute Gasteiger partial charge is 0.135 e. The Hall–Kier alpha value is -1.12. The number of hydrogen-bond acceptors (Lipinski definition) is 3. The molecule has 0 atom stereocenters. The Bertz CT molecular complexity index is 382. The van der Waals surface area contributed by atoms with Gasteiger partial charge in [-0.05, 0) is 24.7 Å². The largest absolute Gasteiger partial charge is 0.356 e. The molecule has 0 fully saturated rings. The number of unbranched alkanes of at least 4 members (excludes halogenated alkanes) is 1. The van der Waals surface area contributed by atoms with Gasteiger partial charge in [0.1, 0.15) is 12.1 Å². The van der Waals surface area contributed by atoms with Gasteiger partial charge in [-0.15, -0.1) is 0 Å². The fourth-order valence-corrected chi connectivity index (χ4v) is 2.23. The van der Waals surface area contributed by atoms with E-state index in [1.807, 2.05) is 6.20 Å². The minimum atomic E-state index is 0.364. The van der Waals surface area contributed by atoms with Crippen molar-refractivity contribution in [3.05, 3.63) is 18.1 Å². The number of nitrogens with zero attached hydrogens (tertiary/aromatic N) is 3. The number of aryl methyl sites for hydroxylation is 1. The third-order valence-electron chi connectivity index (χ3n) is 3.50. The average molecular weight is 277 g/mol. The van der Waals surface area contributed by atoms with Gasteiger partial charge in [-0.2, -0.15) is 0 Å². The molecule has 1 rings (SSSR count). The second-order valence-electron chi connectivity index (χ2n) is 6.77. The van der Waals surface area contributed by atoms with Crippen molar-refractivity contribution < 1.29 is 0 Å². The second-order valence-corrected chi connectivity index (χ2v) is 6.77. The lowest BCUT2D eigenvalue weighted by Gasteiger charge is -2.29. The summed E-state index contributed by atoms with van der Waals surface area (Å²) in [5, 5.41) is 0. The van der Waals surface area contributed by atoms with Gasteiger partial charge in [-0.1, -0.05) is 47.5 Å². The molecule has 0 bridgehead atoms. The van der Waals surface area contributed by atoms with Crippen LogP contribution in [-0.2, 0) is 6.42 Å². The summed E-state index contributed by atoms with van der Waals surface area (Å²) in [6.45, 7) is 13.5. The topological polar surface area (TPSA) is 29.0 Å². The molecule has 114 valence electrons. The van der Waals surface area contributed by atoms with E-state index in [0.29, 0.717) is 5.41 Å². The maximum atomic E-state index is 4.57. The van der Waals surface area contributed by atoms with Crippen LogP contribution in [0.3, 0.4) is 0 Å². The van der Waals surface area contributed by atoms with E-state index in [2.05, 4.69) is 49.5 Å². The molecule has 3 nitrogen and oxygen atoms in total. The molecule has 0 saturated carbocycles. The molecule has 0 aliphatic heterocycles. The molecule has 0 aromatic carbocycles. The molecule has 0 unspecified atom stereocenters. The van der Waals surface area contributed by atoms with E-state index in [9.17, 15) is 0 Å². The number of hydrogen-bond donors (Lipinski definition) is 0. The summed E-state index contributed by atoms with van der Waals surface area (Å²) in [4.78, 5) is 11.2. The average Bonchev–Trinajstić information content (AvgIpc) is 2.39. The molecular weight excluding hydrogens is 246 g/mol. The molecule has 1 aromatic heterocycles. The van der Waals surface area contributed by atoms with Gasteiger partial charge in [-0.3, -0.25) is 0 Å². The van der Waals surface area contributed by atoms with Gasteiger partial charge in [0.25, 0.3) is 0 Å². The fourth-order valence-electron chi connectivity index (χ4n) is 2.23. The van der Waals surface area contributed by atoms with E-state index in [4.69, 9.17) is 0 Å². The van der Waals surface area contributed by atoms with Crippen LogP contribution in [0.4, 0.5) is 5.82 Å². The molecule has 3 heteroatoms. The third-order valence-corrected chi connectivity index (χ3v) is 3.50. The first kappa shape index (κ1) is 16.9. The van der Waals surface area contributed by atoms with Crippen molar-refractivity contribution in [3.8, 4) is 0 Å². The fraction of sp³-hybridized carbons (Fsp3) is 0.765. The summed E-state index contributed by atoms with van der Waals surface area (Å²) >= 11 is 0. The Balaban J connectivity index is 2.85. The minimum absolute atomic E-state index is 0.364. The molecule has 0 aliphatic carbocycles. The van der Waals surface area contributed by atoms with Crippen LogP contribution in [0.2, 0.25) is 0 Å². The van der Waals surface area contributed by atoms with Crippen LogP contribution in [0.25, 0.3) is 0 Å². The zero-order valence-corrected chi connectivity index (χ0v) is 13.9. The number of anilines is 1. The monoisotopic (exact) mass is 277 g/mol. The Morgan fingerprint density at radius 3 is 2.45 bits per heavy atom. The summed E-state index contributed by atoms with van der Waals surface area (Å²) in [6.07, 6.45) is 9.51. The van der Waals surface area contributed by atoms with Crippen LogP contribution >= 0.6 is 0 Å². The predicted molar refractivity (Wildman–Crippen MR) is 87.2 cm³/mol. The van der Waals surface area contributed by atoms with Crippen molar-refractivity contribution in [1.82, 2.24) is 9.97 Å². The summed E-state index contributed by atoms with van der Waals surface area (Å²) in [5.74, 6) is 1.15. The first-order valence-corrected chi connectivity index (χ1v) is 8.01. The molecule has 1 heterocycles. The lowest BCUT2D eigenvalue weighted by Crippen LogP contribution is -2.30. The Labute approximate surface area is 124 Å². The third kappa shape index (κ3) is 5.89. The minimum Gasteiger partial charge on any atom is -0.356 e. The number of aromatic nitrogens is 2. The van der Waals surface area contributed by atoms with E-state index in [1.165, 1.54) is 24.8 Å². The lowest BCUT2D eigenvalue weighted by molar-refractivity contribution is 0.377. The van der Waals surface area contributed by atoms with Gasteiger partial charge in [0.2, 0.25) is 0 Å². The predicted octanol–water partition coefficient (Wildman–Crippen LogP) is 4.47. The molecule has 0 spiro atoms. The van der Waals surface area contributed by atoms with E-state index in [-0.39, 0.29) is 0 Å². The van der Waals surface area contributed by atoms with Crippen LogP contribution in [0.1, 0.15) is 65.9 Å². The zero-order valence-electron chi connectivity index (χ0n) is 13.9. The van der Waals surface area contributed by atoms with Gasteiger partial charge < -0.3 is 4.90 Å².